The monoisotopic (exact) mass is 248 g/mol. The lowest BCUT2D eigenvalue weighted by molar-refractivity contribution is 0.0624. The molecule has 1 aliphatic rings. The quantitative estimate of drug-likeness (QED) is 0.590. The number of nitrogen functional groups attached to an aromatic ring is 1. The molecule has 4 heteroatoms. The summed E-state index contributed by atoms with van der Waals surface area (Å²) < 4.78 is 0. The van der Waals surface area contributed by atoms with Crippen LogP contribution in [0.1, 0.15) is 30.6 Å². The molecule has 3 N–H and O–H groups in total. The van der Waals surface area contributed by atoms with Crippen molar-refractivity contribution < 1.29 is 9.90 Å². The summed E-state index contributed by atoms with van der Waals surface area (Å²) in [7, 11) is 0. The summed E-state index contributed by atoms with van der Waals surface area (Å²) in [4.78, 5) is 14.2. The Morgan fingerprint density at radius 1 is 1.33 bits per heavy atom. The molecule has 1 heterocycles. The minimum atomic E-state index is -0.0817. The van der Waals surface area contributed by atoms with Gasteiger partial charge in [0.05, 0.1) is 5.56 Å². The van der Waals surface area contributed by atoms with Gasteiger partial charge in [-0.05, 0) is 36.5 Å². The maximum absolute atomic E-state index is 12.4. The lowest BCUT2D eigenvalue weighted by Crippen LogP contribution is -2.42. The number of hydrogen-bond donors (Lipinski definition) is 2. The van der Waals surface area contributed by atoms with Crippen molar-refractivity contribution in [3.63, 3.8) is 0 Å². The summed E-state index contributed by atoms with van der Waals surface area (Å²) in [5.41, 5.74) is 6.63. The van der Waals surface area contributed by atoms with Crippen LogP contribution >= 0.6 is 0 Å². The van der Waals surface area contributed by atoms with Crippen LogP contribution < -0.4 is 5.73 Å². The highest BCUT2D eigenvalue weighted by Gasteiger charge is 2.27. The molecule has 4 nitrogen and oxygen atoms in total. The highest BCUT2D eigenvalue weighted by atomic mass is 16.3. The van der Waals surface area contributed by atoms with Gasteiger partial charge in [-0.1, -0.05) is 13.8 Å². The molecule has 1 saturated heterocycles. The Morgan fingerprint density at radius 3 is 2.56 bits per heavy atom. The predicted molar refractivity (Wildman–Crippen MR) is 71.4 cm³/mol. The van der Waals surface area contributed by atoms with Crippen molar-refractivity contribution in [2.45, 2.75) is 20.3 Å². The Kier molecular flexibility index (Phi) is 3.45. The third-order valence-electron chi connectivity index (χ3n) is 3.42. The number of carbonyl (C=O) groups excluding carboxylic acids is 1. The Bertz CT molecular complexity index is 449. The number of benzene rings is 1. The van der Waals surface area contributed by atoms with E-state index in [1.807, 2.05) is 4.90 Å². The summed E-state index contributed by atoms with van der Waals surface area (Å²) in [6, 6.07) is 4.51. The van der Waals surface area contributed by atoms with Crippen molar-refractivity contribution in [1.29, 1.82) is 0 Å². The number of rotatable bonds is 1. The first-order valence-electron chi connectivity index (χ1n) is 6.35. The van der Waals surface area contributed by atoms with Gasteiger partial charge >= 0.3 is 0 Å². The summed E-state index contributed by atoms with van der Waals surface area (Å²) in [6.45, 7) is 5.83. The van der Waals surface area contributed by atoms with Gasteiger partial charge in [0.1, 0.15) is 5.75 Å². The minimum absolute atomic E-state index is 0.0747. The van der Waals surface area contributed by atoms with E-state index in [-0.39, 0.29) is 11.7 Å². The van der Waals surface area contributed by atoms with Gasteiger partial charge in [0.15, 0.2) is 0 Å². The zero-order chi connectivity index (χ0) is 13.3. The normalized spacial score (nSPS) is 24.0. The molecule has 2 atom stereocenters. The third kappa shape index (κ3) is 2.58. The van der Waals surface area contributed by atoms with Gasteiger partial charge in [-0.3, -0.25) is 4.79 Å². The summed E-state index contributed by atoms with van der Waals surface area (Å²) >= 11 is 0. The van der Waals surface area contributed by atoms with Crippen LogP contribution in [-0.4, -0.2) is 29.0 Å². The van der Waals surface area contributed by atoms with Crippen molar-refractivity contribution in [1.82, 2.24) is 4.90 Å². The first-order valence-corrected chi connectivity index (χ1v) is 6.35. The number of nitrogens with two attached hydrogens (primary N) is 1. The number of likely N-dealkylation sites (tertiary alicyclic amines) is 1. The fraction of sp³-hybridized carbons (Fsp3) is 0.500. The van der Waals surface area contributed by atoms with Crippen LogP contribution in [0.4, 0.5) is 5.69 Å². The molecular weight excluding hydrogens is 228 g/mol. The van der Waals surface area contributed by atoms with Gasteiger partial charge in [0.25, 0.3) is 5.91 Å². The van der Waals surface area contributed by atoms with Gasteiger partial charge < -0.3 is 15.7 Å². The lowest BCUT2D eigenvalue weighted by atomic mass is 9.91. The van der Waals surface area contributed by atoms with Crippen LogP contribution in [0.2, 0.25) is 0 Å². The fourth-order valence-corrected chi connectivity index (χ4v) is 2.73. The molecule has 0 bridgehead atoms. The second kappa shape index (κ2) is 4.88. The predicted octanol–water partition coefficient (Wildman–Crippen LogP) is 2.09. The van der Waals surface area contributed by atoms with E-state index in [1.165, 1.54) is 12.1 Å². The van der Waals surface area contributed by atoms with Crippen molar-refractivity contribution in [2.75, 3.05) is 18.8 Å². The second-order valence-electron chi connectivity index (χ2n) is 5.43. The molecule has 18 heavy (non-hydrogen) atoms. The van der Waals surface area contributed by atoms with Crippen LogP contribution in [0.3, 0.4) is 0 Å². The van der Waals surface area contributed by atoms with Gasteiger partial charge in [-0.25, -0.2) is 0 Å². The van der Waals surface area contributed by atoms with Crippen LogP contribution in [0.15, 0.2) is 18.2 Å². The van der Waals surface area contributed by atoms with Gasteiger partial charge in [0, 0.05) is 18.8 Å². The van der Waals surface area contributed by atoms with E-state index < -0.39 is 0 Å². The molecule has 1 aliphatic heterocycles. The first kappa shape index (κ1) is 12.7. The van der Waals surface area contributed by atoms with E-state index in [2.05, 4.69) is 13.8 Å². The second-order valence-corrected chi connectivity index (χ2v) is 5.43. The average molecular weight is 248 g/mol. The van der Waals surface area contributed by atoms with Crippen LogP contribution in [0.25, 0.3) is 0 Å². The molecular formula is C14H20N2O2. The molecule has 1 fully saturated rings. The number of aromatic hydroxyl groups is 1. The SMILES string of the molecule is CC1CC(C)CN(C(=O)c2cc(O)ccc2N)C1. The Balaban J connectivity index is 2.22. The Labute approximate surface area is 107 Å². The zero-order valence-electron chi connectivity index (χ0n) is 10.9. The largest absolute Gasteiger partial charge is 0.508 e. The van der Waals surface area contributed by atoms with E-state index >= 15 is 0 Å². The van der Waals surface area contributed by atoms with E-state index in [1.54, 1.807) is 6.07 Å². The van der Waals surface area contributed by atoms with Gasteiger partial charge in [-0.15, -0.1) is 0 Å². The smallest absolute Gasteiger partial charge is 0.256 e. The third-order valence-corrected chi connectivity index (χ3v) is 3.42. The fourth-order valence-electron chi connectivity index (χ4n) is 2.73. The number of hydrogen-bond acceptors (Lipinski definition) is 3. The van der Waals surface area contributed by atoms with Crippen LogP contribution in [-0.2, 0) is 0 Å². The van der Waals surface area contributed by atoms with E-state index in [0.29, 0.717) is 23.1 Å². The van der Waals surface area contributed by atoms with E-state index in [9.17, 15) is 9.90 Å². The maximum Gasteiger partial charge on any atom is 0.256 e. The molecule has 0 aliphatic carbocycles. The number of amides is 1. The number of nitrogens with zero attached hydrogens (tertiary/aromatic N) is 1. The zero-order valence-corrected chi connectivity index (χ0v) is 10.9. The first-order chi connectivity index (χ1) is 8.47. The highest BCUT2D eigenvalue weighted by molar-refractivity contribution is 5.99. The number of anilines is 1. The van der Waals surface area contributed by atoms with Gasteiger partial charge in [0.2, 0.25) is 0 Å². The molecule has 0 aromatic heterocycles. The molecule has 0 spiro atoms. The maximum atomic E-state index is 12.4. The van der Waals surface area contributed by atoms with Gasteiger partial charge in [-0.2, -0.15) is 0 Å². The summed E-state index contributed by atoms with van der Waals surface area (Å²) in [5.74, 6) is 1.01. The molecule has 1 aromatic rings. The Morgan fingerprint density at radius 2 is 1.94 bits per heavy atom. The number of phenolic OH excluding ortho intramolecular Hbond substituents is 1. The van der Waals surface area contributed by atoms with Crippen LogP contribution in [0, 0.1) is 11.8 Å². The molecule has 98 valence electrons. The lowest BCUT2D eigenvalue weighted by Gasteiger charge is -2.35. The molecule has 0 saturated carbocycles. The summed E-state index contributed by atoms with van der Waals surface area (Å²) in [5, 5.41) is 9.46. The number of carbonyl (C=O) groups is 1. The van der Waals surface area contributed by atoms with Crippen molar-refractivity contribution >= 4 is 11.6 Å². The van der Waals surface area contributed by atoms with Crippen LogP contribution in [0.5, 0.6) is 5.75 Å². The topological polar surface area (TPSA) is 66.6 Å². The van der Waals surface area contributed by atoms with Crippen molar-refractivity contribution in [3.8, 4) is 5.75 Å². The molecule has 1 aromatic carbocycles. The van der Waals surface area contributed by atoms with Crippen molar-refractivity contribution in [2.24, 2.45) is 11.8 Å². The molecule has 1 amide bonds. The van der Waals surface area contributed by atoms with Crippen molar-refractivity contribution in [3.05, 3.63) is 23.8 Å². The molecule has 2 rings (SSSR count). The summed E-state index contributed by atoms with van der Waals surface area (Å²) in [6.07, 6.45) is 1.15. The van der Waals surface area contributed by atoms with E-state index in [4.69, 9.17) is 5.73 Å². The number of phenols is 1. The average Bonchev–Trinajstić information content (AvgIpc) is 2.30. The standard InChI is InChI=1S/C14H20N2O2/c1-9-5-10(2)8-16(7-9)14(18)12-6-11(17)3-4-13(12)15/h3-4,6,9-10,17H,5,7-8,15H2,1-2H3. The highest BCUT2D eigenvalue weighted by Crippen LogP contribution is 2.25. The minimum Gasteiger partial charge on any atom is -0.508 e. The molecule has 0 radical (unpaired) electrons. The molecule has 2 unspecified atom stereocenters. The van der Waals surface area contributed by atoms with E-state index in [0.717, 1.165) is 19.5 Å². The number of piperidine rings is 1. The Hall–Kier alpha value is -1.71.